The third-order valence-electron chi connectivity index (χ3n) is 7.98. The first-order chi connectivity index (χ1) is 14.6. The van der Waals surface area contributed by atoms with E-state index in [1.165, 1.54) is 62.5 Å². The second kappa shape index (κ2) is 10.3. The van der Waals surface area contributed by atoms with Gasteiger partial charge in [-0.25, -0.2) is 0 Å². The molecular weight excluding hydrogens is 398 g/mol. The summed E-state index contributed by atoms with van der Waals surface area (Å²) in [5.74, 6) is 0.911. The van der Waals surface area contributed by atoms with Crippen LogP contribution in [0.1, 0.15) is 69.4 Å². The lowest BCUT2D eigenvalue weighted by Crippen LogP contribution is -2.32. The average Bonchev–Trinajstić information content (AvgIpc) is 3.26. The van der Waals surface area contributed by atoms with E-state index in [1.54, 1.807) is 10.6 Å². The molecule has 0 spiro atoms. The molecule has 0 N–H and O–H groups in total. The fourth-order valence-corrected chi connectivity index (χ4v) is 13.0. The van der Waals surface area contributed by atoms with Gasteiger partial charge in [0.15, 0.2) is 0 Å². The quantitative estimate of drug-likeness (QED) is 0.405. The van der Waals surface area contributed by atoms with Crippen LogP contribution in [-0.2, 0) is 0 Å². The Morgan fingerprint density at radius 3 is 1.87 bits per heavy atom. The fourth-order valence-electron chi connectivity index (χ4n) is 6.22. The van der Waals surface area contributed by atoms with Crippen LogP contribution in [0.4, 0.5) is 0 Å². The van der Waals surface area contributed by atoms with Gasteiger partial charge in [0.1, 0.15) is 0 Å². The van der Waals surface area contributed by atoms with Crippen molar-refractivity contribution >= 4 is 26.5 Å². The van der Waals surface area contributed by atoms with Crippen molar-refractivity contribution in [3.8, 4) is 0 Å². The second-order valence-corrected chi connectivity index (χ2v) is 15.0. The minimum Gasteiger partial charge on any atom is -0.103 e. The first kappa shape index (κ1) is 22.5. The minimum atomic E-state index is -0.323. The van der Waals surface area contributed by atoms with Crippen molar-refractivity contribution in [1.29, 1.82) is 0 Å². The van der Waals surface area contributed by atoms with Crippen LogP contribution < -0.4 is 10.6 Å². The van der Waals surface area contributed by atoms with Gasteiger partial charge in [0.05, 0.1) is 0 Å². The molecule has 0 amide bonds. The third-order valence-corrected chi connectivity index (χ3v) is 14.6. The maximum absolute atomic E-state index is 2.69. The summed E-state index contributed by atoms with van der Waals surface area (Å²) in [6, 6.07) is 18.5. The van der Waals surface area contributed by atoms with Gasteiger partial charge < -0.3 is 0 Å². The van der Waals surface area contributed by atoms with Gasteiger partial charge in [0.2, 0.25) is 0 Å². The van der Waals surface area contributed by atoms with Crippen LogP contribution in [-0.4, -0.2) is 23.6 Å². The Morgan fingerprint density at radius 1 is 0.733 bits per heavy atom. The molecule has 4 atom stereocenters. The number of aryl methyl sites for hydroxylation is 2. The van der Waals surface area contributed by atoms with E-state index in [0.29, 0.717) is 0 Å². The molecule has 2 saturated carbocycles. The Bertz CT molecular complexity index is 777. The van der Waals surface area contributed by atoms with Gasteiger partial charge in [-0.2, -0.15) is 0 Å². The Hall–Kier alpha value is -0.700. The van der Waals surface area contributed by atoms with Crippen LogP contribution in [0, 0.1) is 19.8 Å². The van der Waals surface area contributed by atoms with Crippen molar-refractivity contribution in [2.75, 3.05) is 6.66 Å². The first-order valence-corrected chi connectivity index (χ1v) is 15.5. The Morgan fingerprint density at radius 2 is 1.30 bits per heavy atom. The summed E-state index contributed by atoms with van der Waals surface area (Å²) in [6.07, 6.45) is 11.9. The molecule has 30 heavy (non-hydrogen) atoms. The molecule has 2 fully saturated rings. The number of hydrogen-bond acceptors (Lipinski definition) is 0. The van der Waals surface area contributed by atoms with Gasteiger partial charge in [-0.1, -0.05) is 81.1 Å². The van der Waals surface area contributed by atoms with E-state index in [4.69, 9.17) is 0 Å². The molecule has 0 bridgehead atoms. The molecule has 2 aliphatic carbocycles. The standard InChI is InChI=1S/C28H40P2/c1-21-13-8-10-18-26(21)30(27-19-11-9-14-22(27)2)23(3)25-17-12-20-28(25)29(4)24-15-6-5-7-16-24/h8-11,13-14,18-19,23-25,28H,5-7,12,15-17,20H2,1-4H3/t23?,25?,28-,29?/m0/s1. The topological polar surface area (TPSA) is 0 Å². The fraction of sp³-hybridized carbons (Fsp3) is 0.571. The maximum Gasteiger partial charge on any atom is -0.0123 e. The average molecular weight is 439 g/mol. The molecule has 0 nitrogen and oxygen atoms in total. The monoisotopic (exact) mass is 438 g/mol. The molecule has 2 aromatic rings. The third kappa shape index (κ3) is 4.71. The Kier molecular flexibility index (Phi) is 7.71. The van der Waals surface area contributed by atoms with Crippen LogP contribution >= 0.6 is 15.8 Å². The molecule has 2 aromatic carbocycles. The molecular formula is C28H40P2. The van der Waals surface area contributed by atoms with Crippen molar-refractivity contribution < 1.29 is 0 Å². The van der Waals surface area contributed by atoms with Crippen molar-refractivity contribution in [3.63, 3.8) is 0 Å². The van der Waals surface area contributed by atoms with E-state index in [1.807, 2.05) is 0 Å². The van der Waals surface area contributed by atoms with Gasteiger partial charge in [-0.15, -0.1) is 7.92 Å². The zero-order chi connectivity index (χ0) is 21.1. The molecule has 0 radical (unpaired) electrons. The molecule has 3 unspecified atom stereocenters. The van der Waals surface area contributed by atoms with Gasteiger partial charge in [-0.3, -0.25) is 0 Å². The number of benzene rings is 2. The summed E-state index contributed by atoms with van der Waals surface area (Å²) in [7, 11) is -0.162. The molecule has 0 aliphatic heterocycles. The normalized spacial score (nSPS) is 24.8. The highest BCUT2D eigenvalue weighted by Crippen LogP contribution is 2.59. The van der Waals surface area contributed by atoms with E-state index in [2.05, 4.69) is 76.0 Å². The second-order valence-electron chi connectivity index (χ2n) is 9.80. The molecule has 0 aromatic heterocycles. The van der Waals surface area contributed by atoms with Crippen LogP contribution in [0.15, 0.2) is 48.5 Å². The summed E-state index contributed by atoms with van der Waals surface area (Å²) < 4.78 is 0. The first-order valence-electron chi connectivity index (χ1n) is 12.2. The van der Waals surface area contributed by atoms with Crippen LogP contribution in [0.3, 0.4) is 0 Å². The summed E-state index contributed by atoms with van der Waals surface area (Å²) in [5.41, 5.74) is 5.78. The smallest absolute Gasteiger partial charge is 0.0123 e. The largest absolute Gasteiger partial charge is 0.103 e. The lowest BCUT2D eigenvalue weighted by molar-refractivity contribution is 0.498. The number of hydrogen-bond donors (Lipinski definition) is 0. The van der Waals surface area contributed by atoms with E-state index in [9.17, 15) is 0 Å². The SMILES string of the molecule is Cc1ccccc1P(c1ccccc1C)C(C)C1CCC[C@@H]1P(C)C1CCCCC1. The van der Waals surface area contributed by atoms with E-state index in [0.717, 1.165) is 22.9 Å². The van der Waals surface area contributed by atoms with E-state index in [-0.39, 0.29) is 15.8 Å². The summed E-state index contributed by atoms with van der Waals surface area (Å²) in [4.78, 5) is 0. The Labute approximate surface area is 187 Å². The zero-order valence-electron chi connectivity index (χ0n) is 19.5. The van der Waals surface area contributed by atoms with Crippen LogP contribution in [0.25, 0.3) is 0 Å². The highest BCUT2D eigenvalue weighted by molar-refractivity contribution is 7.73. The number of rotatable bonds is 6. The van der Waals surface area contributed by atoms with Gasteiger partial charge >= 0.3 is 0 Å². The highest BCUT2D eigenvalue weighted by Gasteiger charge is 2.41. The van der Waals surface area contributed by atoms with Crippen LogP contribution in [0.5, 0.6) is 0 Å². The highest BCUT2D eigenvalue weighted by atomic mass is 31.1. The van der Waals surface area contributed by atoms with E-state index >= 15 is 0 Å². The molecule has 0 heterocycles. The van der Waals surface area contributed by atoms with Gasteiger partial charge in [0, 0.05) is 0 Å². The van der Waals surface area contributed by atoms with Gasteiger partial charge in [0.25, 0.3) is 0 Å². The molecule has 2 heteroatoms. The molecule has 162 valence electrons. The lowest BCUT2D eigenvalue weighted by atomic mass is 10.0. The molecule has 2 aliphatic rings. The molecule has 4 rings (SSSR count). The lowest BCUT2D eigenvalue weighted by Gasteiger charge is -2.40. The minimum absolute atomic E-state index is 0.161. The predicted octanol–water partition coefficient (Wildman–Crippen LogP) is 7.74. The van der Waals surface area contributed by atoms with Crippen molar-refractivity contribution in [3.05, 3.63) is 59.7 Å². The predicted molar refractivity (Wildman–Crippen MR) is 139 cm³/mol. The maximum atomic E-state index is 2.69. The van der Waals surface area contributed by atoms with E-state index < -0.39 is 0 Å². The van der Waals surface area contributed by atoms with Crippen LogP contribution in [0.2, 0.25) is 0 Å². The molecule has 0 saturated heterocycles. The Balaban J connectivity index is 1.66. The zero-order valence-corrected chi connectivity index (χ0v) is 21.3. The van der Waals surface area contributed by atoms with Crippen molar-refractivity contribution in [2.24, 2.45) is 5.92 Å². The van der Waals surface area contributed by atoms with Crippen molar-refractivity contribution in [2.45, 2.75) is 89.1 Å². The summed E-state index contributed by atoms with van der Waals surface area (Å²) in [6.45, 7) is 9.97. The summed E-state index contributed by atoms with van der Waals surface area (Å²) in [5, 5.41) is 3.25. The van der Waals surface area contributed by atoms with Crippen molar-refractivity contribution in [1.82, 2.24) is 0 Å². The summed E-state index contributed by atoms with van der Waals surface area (Å²) >= 11 is 0. The van der Waals surface area contributed by atoms with Gasteiger partial charge in [-0.05, 0) is 98.7 Å².